The van der Waals surface area contributed by atoms with Gasteiger partial charge in [0, 0.05) is 6.54 Å². The standard InChI is InChI=1S/C15H18N2O2/c18-14-12-6-1-2-7-13(12)15(19)17(14)11-5-10-16-8-3-4-9-16/h1-2,6-7H,3-5,8-11H2. The van der Waals surface area contributed by atoms with Crippen LogP contribution >= 0.6 is 0 Å². The average Bonchev–Trinajstić information content (AvgIpc) is 3.02. The number of nitrogens with zero attached hydrogens (tertiary/aromatic N) is 2. The Morgan fingerprint density at radius 3 is 2.05 bits per heavy atom. The highest BCUT2D eigenvalue weighted by Gasteiger charge is 2.34. The Morgan fingerprint density at radius 1 is 0.895 bits per heavy atom. The first kappa shape index (κ1) is 12.4. The Hall–Kier alpha value is -1.68. The molecule has 1 saturated heterocycles. The van der Waals surface area contributed by atoms with Crippen LogP contribution in [0.1, 0.15) is 40.0 Å². The van der Waals surface area contributed by atoms with Gasteiger partial charge in [0.1, 0.15) is 0 Å². The van der Waals surface area contributed by atoms with Crippen LogP contribution < -0.4 is 0 Å². The molecule has 4 nitrogen and oxygen atoms in total. The molecular weight excluding hydrogens is 240 g/mol. The minimum Gasteiger partial charge on any atom is -0.303 e. The van der Waals surface area contributed by atoms with Gasteiger partial charge in [0.25, 0.3) is 11.8 Å². The normalized spacial score (nSPS) is 19.3. The summed E-state index contributed by atoms with van der Waals surface area (Å²) in [5.41, 5.74) is 1.10. The zero-order chi connectivity index (χ0) is 13.2. The van der Waals surface area contributed by atoms with Crippen LogP contribution in [0.15, 0.2) is 24.3 Å². The van der Waals surface area contributed by atoms with E-state index >= 15 is 0 Å². The van der Waals surface area contributed by atoms with Crippen LogP contribution in [0, 0.1) is 0 Å². The number of amides is 2. The number of likely N-dealkylation sites (tertiary alicyclic amines) is 1. The third-order valence-electron chi connectivity index (χ3n) is 3.93. The van der Waals surface area contributed by atoms with E-state index in [0.717, 1.165) is 26.1 Å². The highest BCUT2D eigenvalue weighted by molar-refractivity contribution is 6.21. The predicted molar refractivity (Wildman–Crippen MR) is 72.1 cm³/mol. The fourth-order valence-corrected chi connectivity index (χ4v) is 2.90. The number of carbonyl (C=O) groups is 2. The molecule has 0 aromatic heterocycles. The first-order valence-corrected chi connectivity index (χ1v) is 6.95. The molecule has 1 fully saturated rings. The second kappa shape index (κ2) is 5.13. The highest BCUT2D eigenvalue weighted by Crippen LogP contribution is 2.22. The monoisotopic (exact) mass is 258 g/mol. The number of fused-ring (bicyclic) bond motifs is 1. The van der Waals surface area contributed by atoms with Crippen LogP contribution in [0.5, 0.6) is 0 Å². The summed E-state index contributed by atoms with van der Waals surface area (Å²) in [6, 6.07) is 7.07. The van der Waals surface area contributed by atoms with E-state index in [2.05, 4.69) is 4.90 Å². The summed E-state index contributed by atoms with van der Waals surface area (Å²) in [7, 11) is 0. The second-order valence-corrected chi connectivity index (χ2v) is 5.21. The van der Waals surface area contributed by atoms with Gasteiger partial charge >= 0.3 is 0 Å². The third kappa shape index (κ3) is 2.28. The van der Waals surface area contributed by atoms with Gasteiger partial charge in [0.2, 0.25) is 0 Å². The molecular formula is C15H18N2O2. The lowest BCUT2D eigenvalue weighted by Crippen LogP contribution is -2.33. The molecule has 0 saturated carbocycles. The molecule has 19 heavy (non-hydrogen) atoms. The molecule has 2 aliphatic rings. The second-order valence-electron chi connectivity index (χ2n) is 5.21. The Kier molecular flexibility index (Phi) is 3.34. The molecule has 3 rings (SSSR count). The van der Waals surface area contributed by atoms with Gasteiger partial charge in [-0.25, -0.2) is 0 Å². The van der Waals surface area contributed by atoms with E-state index in [0.29, 0.717) is 17.7 Å². The topological polar surface area (TPSA) is 40.6 Å². The van der Waals surface area contributed by atoms with Crippen LogP contribution in [0.4, 0.5) is 0 Å². The van der Waals surface area contributed by atoms with Crippen molar-refractivity contribution in [2.75, 3.05) is 26.2 Å². The van der Waals surface area contributed by atoms with Gasteiger partial charge in [0.05, 0.1) is 11.1 Å². The van der Waals surface area contributed by atoms with E-state index < -0.39 is 0 Å². The van der Waals surface area contributed by atoms with Gasteiger partial charge < -0.3 is 4.90 Å². The molecule has 1 aromatic rings. The van der Waals surface area contributed by atoms with E-state index in [9.17, 15) is 9.59 Å². The fraction of sp³-hybridized carbons (Fsp3) is 0.467. The molecule has 0 bridgehead atoms. The van der Waals surface area contributed by atoms with E-state index in [1.54, 1.807) is 24.3 Å². The van der Waals surface area contributed by atoms with E-state index in [4.69, 9.17) is 0 Å². The molecule has 2 amide bonds. The smallest absolute Gasteiger partial charge is 0.261 e. The van der Waals surface area contributed by atoms with E-state index in [-0.39, 0.29) is 11.8 Å². The minimum atomic E-state index is -0.137. The number of benzene rings is 1. The molecule has 0 unspecified atom stereocenters. The predicted octanol–water partition coefficient (Wildman–Crippen LogP) is 1.77. The summed E-state index contributed by atoms with van der Waals surface area (Å²) in [4.78, 5) is 28.0. The maximum Gasteiger partial charge on any atom is 0.261 e. The lowest BCUT2D eigenvalue weighted by atomic mass is 10.1. The number of hydrogen-bond acceptors (Lipinski definition) is 3. The Morgan fingerprint density at radius 2 is 1.47 bits per heavy atom. The Balaban J connectivity index is 1.60. The SMILES string of the molecule is O=C1c2ccccc2C(=O)N1CCCN1CCCC1. The van der Waals surface area contributed by atoms with Crippen LogP contribution in [0.3, 0.4) is 0 Å². The maximum atomic E-state index is 12.1. The van der Waals surface area contributed by atoms with Crippen molar-refractivity contribution in [2.24, 2.45) is 0 Å². The van der Waals surface area contributed by atoms with Crippen molar-refractivity contribution in [1.29, 1.82) is 0 Å². The molecule has 0 radical (unpaired) electrons. The van der Waals surface area contributed by atoms with Gasteiger partial charge in [-0.3, -0.25) is 14.5 Å². The molecule has 0 N–H and O–H groups in total. The van der Waals surface area contributed by atoms with Gasteiger partial charge in [-0.1, -0.05) is 12.1 Å². The Labute approximate surface area is 113 Å². The molecule has 2 heterocycles. The van der Waals surface area contributed by atoms with Crippen molar-refractivity contribution in [2.45, 2.75) is 19.3 Å². The summed E-state index contributed by atoms with van der Waals surface area (Å²) < 4.78 is 0. The average molecular weight is 258 g/mol. The van der Waals surface area contributed by atoms with Crippen molar-refractivity contribution in [3.05, 3.63) is 35.4 Å². The van der Waals surface area contributed by atoms with Crippen LogP contribution in [0.25, 0.3) is 0 Å². The number of imide groups is 1. The van der Waals surface area contributed by atoms with Crippen LogP contribution in [0.2, 0.25) is 0 Å². The summed E-state index contributed by atoms with van der Waals surface area (Å²) in [6.45, 7) is 3.82. The highest BCUT2D eigenvalue weighted by atomic mass is 16.2. The van der Waals surface area contributed by atoms with Crippen LogP contribution in [-0.4, -0.2) is 47.8 Å². The molecule has 0 atom stereocenters. The zero-order valence-electron chi connectivity index (χ0n) is 11.0. The van der Waals surface area contributed by atoms with Gasteiger partial charge in [-0.15, -0.1) is 0 Å². The molecule has 2 aliphatic heterocycles. The van der Waals surface area contributed by atoms with E-state index in [1.807, 2.05) is 0 Å². The fourth-order valence-electron chi connectivity index (χ4n) is 2.90. The molecule has 0 spiro atoms. The summed E-state index contributed by atoms with van der Waals surface area (Å²) in [6.07, 6.45) is 3.41. The van der Waals surface area contributed by atoms with Gasteiger partial charge in [-0.05, 0) is 51.0 Å². The van der Waals surface area contributed by atoms with E-state index in [1.165, 1.54) is 17.7 Å². The van der Waals surface area contributed by atoms with Crippen molar-refractivity contribution < 1.29 is 9.59 Å². The molecule has 0 aliphatic carbocycles. The number of rotatable bonds is 4. The largest absolute Gasteiger partial charge is 0.303 e. The molecule has 1 aromatic carbocycles. The van der Waals surface area contributed by atoms with Crippen molar-refractivity contribution in [1.82, 2.24) is 9.80 Å². The summed E-state index contributed by atoms with van der Waals surface area (Å²) >= 11 is 0. The number of hydrogen-bond donors (Lipinski definition) is 0. The zero-order valence-corrected chi connectivity index (χ0v) is 11.0. The molecule has 100 valence electrons. The summed E-state index contributed by atoms with van der Waals surface area (Å²) in [5, 5.41) is 0. The first-order valence-electron chi connectivity index (χ1n) is 6.95. The van der Waals surface area contributed by atoms with Gasteiger partial charge in [0.15, 0.2) is 0 Å². The van der Waals surface area contributed by atoms with Gasteiger partial charge in [-0.2, -0.15) is 0 Å². The molecule has 4 heteroatoms. The quantitative estimate of drug-likeness (QED) is 0.773. The van der Waals surface area contributed by atoms with Crippen molar-refractivity contribution in [3.8, 4) is 0 Å². The van der Waals surface area contributed by atoms with Crippen LogP contribution in [-0.2, 0) is 0 Å². The van der Waals surface area contributed by atoms with Crippen molar-refractivity contribution in [3.63, 3.8) is 0 Å². The third-order valence-corrected chi connectivity index (χ3v) is 3.93. The Bertz CT molecular complexity index is 472. The maximum absolute atomic E-state index is 12.1. The van der Waals surface area contributed by atoms with Crippen molar-refractivity contribution >= 4 is 11.8 Å². The number of carbonyl (C=O) groups excluding carboxylic acids is 2. The lowest BCUT2D eigenvalue weighted by molar-refractivity contribution is 0.0648. The summed E-state index contributed by atoms with van der Waals surface area (Å²) in [5.74, 6) is -0.274. The lowest BCUT2D eigenvalue weighted by Gasteiger charge is -2.17. The first-order chi connectivity index (χ1) is 9.27. The minimum absolute atomic E-state index is 0.137.